The Bertz CT molecular complexity index is 875. The quantitative estimate of drug-likeness (QED) is 0.622. The van der Waals surface area contributed by atoms with Gasteiger partial charge in [-0.1, -0.05) is 55.1 Å². The first-order chi connectivity index (χ1) is 14.7. The Hall–Kier alpha value is -2.79. The molecule has 0 aliphatic carbocycles. The zero-order chi connectivity index (χ0) is 22.5. The second-order valence-electron chi connectivity index (χ2n) is 9.22. The summed E-state index contributed by atoms with van der Waals surface area (Å²) < 4.78 is 11.5. The van der Waals surface area contributed by atoms with E-state index in [2.05, 4.69) is 6.58 Å². The average molecular weight is 424 g/mol. The molecule has 5 heteroatoms. The van der Waals surface area contributed by atoms with Crippen LogP contribution >= 0.6 is 0 Å². The summed E-state index contributed by atoms with van der Waals surface area (Å²) in [4.78, 5) is 14.7. The van der Waals surface area contributed by atoms with Crippen LogP contribution in [-0.2, 0) is 4.74 Å². The number of hydrogen-bond donors (Lipinski definition) is 1. The van der Waals surface area contributed by atoms with Crippen LogP contribution in [0, 0.1) is 0 Å². The molecule has 2 aromatic carbocycles. The molecule has 1 N–H and O–H groups in total. The van der Waals surface area contributed by atoms with E-state index in [4.69, 9.17) is 9.47 Å². The molecule has 1 aliphatic rings. The van der Waals surface area contributed by atoms with E-state index >= 15 is 0 Å². The molecule has 1 saturated heterocycles. The maximum atomic E-state index is 13.0. The van der Waals surface area contributed by atoms with Crippen LogP contribution in [0.2, 0.25) is 0 Å². The number of hydrogen-bond acceptors (Lipinski definition) is 4. The molecular weight excluding hydrogens is 390 g/mol. The molecule has 1 amide bonds. The molecule has 3 rings (SSSR count). The number of nitrogens with zero attached hydrogens (tertiary/aromatic N) is 1. The van der Waals surface area contributed by atoms with Gasteiger partial charge >= 0.3 is 6.09 Å². The minimum atomic E-state index is -1.16. The van der Waals surface area contributed by atoms with Crippen LogP contribution in [-0.4, -0.2) is 40.5 Å². The van der Waals surface area contributed by atoms with Gasteiger partial charge in [-0.05, 0) is 56.9 Å². The first-order valence-electron chi connectivity index (χ1n) is 10.8. The van der Waals surface area contributed by atoms with Gasteiger partial charge < -0.3 is 14.6 Å². The molecule has 2 unspecified atom stereocenters. The van der Waals surface area contributed by atoms with E-state index < -0.39 is 23.3 Å². The van der Waals surface area contributed by atoms with Crippen molar-refractivity contribution >= 4 is 6.09 Å². The Morgan fingerprint density at radius 3 is 2.35 bits per heavy atom. The highest BCUT2D eigenvalue weighted by Crippen LogP contribution is 2.43. The third kappa shape index (κ3) is 6.11. The van der Waals surface area contributed by atoms with Crippen LogP contribution in [0.5, 0.6) is 5.75 Å². The number of para-hydroxylation sites is 1. The normalized spacial score (nSPS) is 21.4. The van der Waals surface area contributed by atoms with Gasteiger partial charge in [-0.3, -0.25) is 4.90 Å². The smallest absolute Gasteiger partial charge is 0.410 e. The van der Waals surface area contributed by atoms with Crippen molar-refractivity contribution in [3.8, 4) is 5.75 Å². The van der Waals surface area contributed by atoms with Crippen LogP contribution in [0.3, 0.4) is 0 Å². The molecule has 0 aromatic heterocycles. The number of rotatable bonds is 6. The zero-order valence-corrected chi connectivity index (χ0v) is 18.7. The van der Waals surface area contributed by atoms with Crippen molar-refractivity contribution in [3.63, 3.8) is 0 Å². The van der Waals surface area contributed by atoms with Crippen molar-refractivity contribution in [2.24, 2.45) is 0 Å². The third-order valence-electron chi connectivity index (χ3n) is 5.31. The van der Waals surface area contributed by atoms with Gasteiger partial charge in [0, 0.05) is 13.0 Å². The highest BCUT2D eigenvalue weighted by Gasteiger charge is 2.47. The lowest BCUT2D eigenvalue weighted by Gasteiger charge is -2.47. The molecule has 0 saturated carbocycles. The molecule has 0 bridgehead atoms. The summed E-state index contributed by atoms with van der Waals surface area (Å²) in [6, 6.07) is 18.7. The molecular formula is C26H33NO4. The van der Waals surface area contributed by atoms with Crippen molar-refractivity contribution in [1.29, 1.82) is 0 Å². The first-order valence-corrected chi connectivity index (χ1v) is 10.8. The third-order valence-corrected chi connectivity index (χ3v) is 5.31. The van der Waals surface area contributed by atoms with Crippen molar-refractivity contribution in [3.05, 3.63) is 78.4 Å². The molecule has 0 radical (unpaired) electrons. The summed E-state index contributed by atoms with van der Waals surface area (Å²) in [5.74, 6) is 0.759. The van der Waals surface area contributed by atoms with Crippen LogP contribution in [0.15, 0.2) is 72.8 Å². The number of likely N-dealkylation sites (tertiary alicyclic amines) is 1. The fraction of sp³-hybridized carbons (Fsp3) is 0.423. The molecule has 0 spiro atoms. The van der Waals surface area contributed by atoms with Gasteiger partial charge in [-0.15, -0.1) is 0 Å². The maximum absolute atomic E-state index is 13.0. The van der Waals surface area contributed by atoms with Gasteiger partial charge in [-0.25, -0.2) is 4.79 Å². The minimum absolute atomic E-state index is 0.306. The summed E-state index contributed by atoms with van der Waals surface area (Å²) in [7, 11) is 0. The topological polar surface area (TPSA) is 59.0 Å². The molecule has 31 heavy (non-hydrogen) atoms. The van der Waals surface area contributed by atoms with Gasteiger partial charge in [0.15, 0.2) is 0 Å². The number of amides is 1. The van der Waals surface area contributed by atoms with Gasteiger partial charge in [0.05, 0.1) is 11.6 Å². The second kappa shape index (κ2) is 9.56. The summed E-state index contributed by atoms with van der Waals surface area (Å²) in [6.07, 6.45) is 1.17. The van der Waals surface area contributed by atoms with E-state index in [9.17, 15) is 9.90 Å². The van der Waals surface area contributed by atoms with Gasteiger partial charge in [-0.2, -0.15) is 0 Å². The SMILES string of the molecule is C=C(COc1ccccc1)CC1(O)CCCN(C(=O)OC(C)(C)C)C1c1ccccc1. The Morgan fingerprint density at radius 2 is 1.74 bits per heavy atom. The fourth-order valence-corrected chi connectivity index (χ4v) is 4.13. The highest BCUT2D eigenvalue weighted by atomic mass is 16.6. The van der Waals surface area contributed by atoms with Crippen LogP contribution in [0.1, 0.15) is 51.6 Å². The van der Waals surface area contributed by atoms with E-state index in [1.807, 2.05) is 81.4 Å². The molecule has 1 fully saturated rings. The van der Waals surface area contributed by atoms with Crippen molar-refractivity contribution in [1.82, 2.24) is 4.90 Å². The van der Waals surface area contributed by atoms with Crippen LogP contribution < -0.4 is 4.74 Å². The Morgan fingerprint density at radius 1 is 1.13 bits per heavy atom. The number of carbonyl (C=O) groups excluding carboxylic acids is 1. The summed E-state index contributed by atoms with van der Waals surface area (Å²) in [5, 5.41) is 11.8. The standard InChI is InChI=1S/C26H33NO4/c1-20(19-30-22-14-9-6-10-15-22)18-26(29)16-11-17-27(24(28)31-25(2,3)4)23(26)21-12-7-5-8-13-21/h5-10,12-15,23,29H,1,11,16-19H2,2-4H3. The van der Waals surface area contributed by atoms with Crippen molar-refractivity contribution in [2.75, 3.05) is 13.2 Å². The number of piperidine rings is 1. The molecule has 1 aliphatic heterocycles. The predicted octanol–water partition coefficient (Wildman–Crippen LogP) is 5.52. The van der Waals surface area contributed by atoms with E-state index in [0.29, 0.717) is 32.4 Å². The second-order valence-corrected chi connectivity index (χ2v) is 9.22. The Balaban J connectivity index is 1.81. The average Bonchev–Trinajstić information content (AvgIpc) is 2.72. The van der Waals surface area contributed by atoms with Gasteiger partial charge in [0.2, 0.25) is 0 Å². The lowest BCUT2D eigenvalue weighted by Crippen LogP contribution is -2.54. The summed E-state index contributed by atoms with van der Waals surface area (Å²) in [5.41, 5.74) is -0.111. The van der Waals surface area contributed by atoms with E-state index in [1.54, 1.807) is 4.90 Å². The van der Waals surface area contributed by atoms with Gasteiger partial charge in [0.1, 0.15) is 18.0 Å². The largest absolute Gasteiger partial charge is 0.489 e. The first kappa shape index (κ1) is 22.9. The Labute approximate surface area is 185 Å². The van der Waals surface area contributed by atoms with E-state index in [1.165, 1.54) is 0 Å². The molecule has 2 atom stereocenters. The minimum Gasteiger partial charge on any atom is -0.489 e. The zero-order valence-electron chi connectivity index (χ0n) is 18.7. The molecule has 166 valence electrons. The highest BCUT2D eigenvalue weighted by molar-refractivity contribution is 5.69. The van der Waals surface area contributed by atoms with Crippen LogP contribution in [0.25, 0.3) is 0 Å². The monoisotopic (exact) mass is 423 g/mol. The van der Waals surface area contributed by atoms with Crippen LogP contribution in [0.4, 0.5) is 4.79 Å². The number of benzene rings is 2. The Kier molecular flexibility index (Phi) is 7.06. The number of aliphatic hydroxyl groups is 1. The number of ether oxygens (including phenoxy) is 2. The molecule has 1 heterocycles. The predicted molar refractivity (Wildman–Crippen MR) is 122 cm³/mol. The van der Waals surface area contributed by atoms with Crippen molar-refractivity contribution < 1.29 is 19.4 Å². The fourth-order valence-electron chi connectivity index (χ4n) is 4.13. The summed E-state index contributed by atoms with van der Waals surface area (Å²) in [6.45, 7) is 10.5. The summed E-state index contributed by atoms with van der Waals surface area (Å²) >= 11 is 0. The van der Waals surface area contributed by atoms with E-state index in [0.717, 1.165) is 16.9 Å². The molecule has 5 nitrogen and oxygen atoms in total. The maximum Gasteiger partial charge on any atom is 0.410 e. The lowest BCUT2D eigenvalue weighted by atomic mass is 9.77. The number of carbonyl (C=O) groups is 1. The van der Waals surface area contributed by atoms with Gasteiger partial charge in [0.25, 0.3) is 0 Å². The molecule has 2 aromatic rings. The lowest BCUT2D eigenvalue weighted by molar-refractivity contribution is -0.0861. The van der Waals surface area contributed by atoms with Crippen molar-refractivity contribution in [2.45, 2.75) is 57.3 Å². The van der Waals surface area contributed by atoms with E-state index in [-0.39, 0.29) is 0 Å².